The number of hydrogen-bond acceptors (Lipinski definition) is 2. The van der Waals surface area contributed by atoms with E-state index in [9.17, 15) is 4.79 Å². The molecule has 0 aliphatic rings. The first-order chi connectivity index (χ1) is 13.6. The number of aryl methyl sites for hydroxylation is 2. The number of halogens is 1. The van der Waals surface area contributed by atoms with Gasteiger partial charge in [0, 0.05) is 17.1 Å². The number of carbonyl (C=O) groups is 1. The number of benzene rings is 3. The fraction of sp³-hybridized carbons (Fsp3) is 0.208. The topological polar surface area (TPSA) is 38.3 Å². The molecule has 0 bridgehead atoms. The van der Waals surface area contributed by atoms with Gasteiger partial charge >= 0.3 is 0 Å². The van der Waals surface area contributed by atoms with Crippen LogP contribution in [0.2, 0.25) is 5.02 Å². The van der Waals surface area contributed by atoms with Gasteiger partial charge in [0.05, 0.1) is 0 Å². The third-order valence-electron chi connectivity index (χ3n) is 4.45. The van der Waals surface area contributed by atoms with E-state index < -0.39 is 0 Å². The summed E-state index contributed by atoms with van der Waals surface area (Å²) in [7, 11) is 0. The van der Waals surface area contributed by atoms with E-state index in [1.54, 1.807) is 0 Å². The van der Waals surface area contributed by atoms with Gasteiger partial charge in [0.1, 0.15) is 12.4 Å². The van der Waals surface area contributed by atoms with Gasteiger partial charge in [0.15, 0.2) is 0 Å². The highest BCUT2D eigenvalue weighted by Crippen LogP contribution is 2.18. The molecule has 0 unspecified atom stereocenters. The number of hydrogen-bond donors (Lipinski definition) is 1. The van der Waals surface area contributed by atoms with Crippen LogP contribution in [0, 0.1) is 6.92 Å². The van der Waals surface area contributed by atoms with Crippen molar-refractivity contribution in [3.63, 3.8) is 0 Å². The predicted octanol–water partition coefficient (Wildman–Crippen LogP) is 6.19. The normalized spacial score (nSPS) is 10.5. The van der Waals surface area contributed by atoms with Crippen LogP contribution in [0.25, 0.3) is 0 Å². The molecule has 0 aliphatic heterocycles. The molecule has 0 heterocycles. The van der Waals surface area contributed by atoms with E-state index in [-0.39, 0.29) is 5.91 Å². The molecule has 28 heavy (non-hydrogen) atoms. The summed E-state index contributed by atoms with van der Waals surface area (Å²) in [6.07, 6.45) is 2.24. The van der Waals surface area contributed by atoms with Crippen molar-refractivity contribution >= 4 is 23.2 Å². The lowest BCUT2D eigenvalue weighted by molar-refractivity contribution is -0.116. The van der Waals surface area contributed by atoms with Gasteiger partial charge in [-0.1, -0.05) is 53.6 Å². The van der Waals surface area contributed by atoms with Gasteiger partial charge in [0.25, 0.3) is 0 Å². The summed E-state index contributed by atoms with van der Waals surface area (Å²) in [6, 6.07) is 23.4. The number of anilines is 1. The second kappa shape index (κ2) is 9.95. The summed E-state index contributed by atoms with van der Waals surface area (Å²) >= 11 is 5.88. The SMILES string of the molecule is Cc1ccc(CCCC(=O)Nc2ccc(OCc3ccc(Cl)cc3)cc2)cc1. The first kappa shape index (κ1) is 20.0. The molecule has 0 aromatic heterocycles. The Morgan fingerprint density at radius 2 is 1.54 bits per heavy atom. The Morgan fingerprint density at radius 1 is 0.893 bits per heavy atom. The summed E-state index contributed by atoms with van der Waals surface area (Å²) in [5.74, 6) is 0.786. The molecular weight excluding hydrogens is 370 g/mol. The minimum Gasteiger partial charge on any atom is -0.489 e. The van der Waals surface area contributed by atoms with Gasteiger partial charge in [-0.25, -0.2) is 0 Å². The summed E-state index contributed by atoms with van der Waals surface area (Å²) in [5.41, 5.74) is 4.34. The van der Waals surface area contributed by atoms with Gasteiger partial charge < -0.3 is 10.1 Å². The molecule has 0 spiro atoms. The van der Waals surface area contributed by atoms with E-state index in [0.717, 1.165) is 29.8 Å². The van der Waals surface area contributed by atoms with Crippen LogP contribution in [0.15, 0.2) is 72.8 Å². The Hall–Kier alpha value is -2.78. The molecule has 4 heteroatoms. The Labute approximate surface area is 171 Å². The monoisotopic (exact) mass is 393 g/mol. The fourth-order valence-electron chi connectivity index (χ4n) is 2.81. The maximum Gasteiger partial charge on any atom is 0.224 e. The quantitative estimate of drug-likeness (QED) is 0.495. The van der Waals surface area contributed by atoms with Gasteiger partial charge in [-0.2, -0.15) is 0 Å². The van der Waals surface area contributed by atoms with Crippen molar-refractivity contribution in [1.29, 1.82) is 0 Å². The van der Waals surface area contributed by atoms with Crippen LogP contribution in [0.3, 0.4) is 0 Å². The van der Waals surface area contributed by atoms with E-state index in [1.807, 2.05) is 48.5 Å². The molecule has 0 saturated carbocycles. The highest BCUT2D eigenvalue weighted by Gasteiger charge is 2.04. The van der Waals surface area contributed by atoms with E-state index >= 15 is 0 Å². The molecule has 0 aliphatic carbocycles. The number of rotatable bonds is 8. The van der Waals surface area contributed by atoms with Gasteiger partial charge in [-0.3, -0.25) is 4.79 Å². The average Bonchev–Trinajstić information content (AvgIpc) is 2.70. The Kier molecular flexibility index (Phi) is 7.10. The second-order valence-corrected chi connectivity index (χ2v) is 7.26. The Balaban J connectivity index is 1.41. The lowest BCUT2D eigenvalue weighted by Gasteiger charge is -2.09. The molecule has 3 aromatic carbocycles. The first-order valence-electron chi connectivity index (χ1n) is 9.41. The van der Waals surface area contributed by atoms with Crippen molar-refractivity contribution < 1.29 is 9.53 Å². The molecule has 144 valence electrons. The maximum absolute atomic E-state index is 12.1. The van der Waals surface area contributed by atoms with Gasteiger partial charge in [-0.05, 0) is 67.3 Å². The third kappa shape index (κ3) is 6.43. The minimum absolute atomic E-state index is 0.0296. The van der Waals surface area contributed by atoms with Gasteiger partial charge in [0.2, 0.25) is 5.91 Å². The predicted molar refractivity (Wildman–Crippen MR) is 115 cm³/mol. The molecule has 1 amide bonds. The largest absolute Gasteiger partial charge is 0.489 e. The zero-order valence-corrected chi connectivity index (χ0v) is 16.7. The molecular formula is C24H24ClNO2. The first-order valence-corrected chi connectivity index (χ1v) is 9.79. The maximum atomic E-state index is 12.1. The van der Waals surface area contributed by atoms with Crippen LogP contribution in [0.1, 0.15) is 29.5 Å². The summed E-state index contributed by atoms with van der Waals surface area (Å²) < 4.78 is 5.76. The summed E-state index contributed by atoms with van der Waals surface area (Å²) in [5, 5.41) is 3.65. The van der Waals surface area contributed by atoms with Crippen molar-refractivity contribution in [2.24, 2.45) is 0 Å². The number of nitrogens with one attached hydrogen (secondary N) is 1. The number of carbonyl (C=O) groups excluding carboxylic acids is 1. The van der Waals surface area contributed by atoms with Crippen LogP contribution in [0.5, 0.6) is 5.75 Å². The lowest BCUT2D eigenvalue weighted by atomic mass is 10.1. The molecule has 3 rings (SSSR count). The second-order valence-electron chi connectivity index (χ2n) is 6.83. The Bertz CT molecular complexity index is 887. The Morgan fingerprint density at radius 3 is 2.21 bits per heavy atom. The van der Waals surface area contributed by atoms with E-state index in [4.69, 9.17) is 16.3 Å². The van der Waals surface area contributed by atoms with Crippen LogP contribution in [0.4, 0.5) is 5.69 Å². The number of amides is 1. The van der Waals surface area contributed by atoms with Crippen LogP contribution < -0.4 is 10.1 Å². The van der Waals surface area contributed by atoms with Crippen molar-refractivity contribution in [3.05, 3.63) is 94.5 Å². The lowest BCUT2D eigenvalue weighted by Crippen LogP contribution is -2.11. The molecule has 0 atom stereocenters. The van der Waals surface area contributed by atoms with Crippen molar-refractivity contribution in [3.8, 4) is 5.75 Å². The van der Waals surface area contributed by atoms with Crippen molar-refractivity contribution in [2.75, 3.05) is 5.32 Å². The summed E-state index contributed by atoms with van der Waals surface area (Å²) in [4.78, 5) is 12.1. The highest BCUT2D eigenvalue weighted by atomic mass is 35.5. The highest BCUT2D eigenvalue weighted by molar-refractivity contribution is 6.30. The molecule has 0 fully saturated rings. The molecule has 1 N–H and O–H groups in total. The average molecular weight is 394 g/mol. The zero-order chi connectivity index (χ0) is 19.8. The van der Waals surface area contributed by atoms with Crippen LogP contribution >= 0.6 is 11.6 Å². The van der Waals surface area contributed by atoms with Gasteiger partial charge in [-0.15, -0.1) is 0 Å². The van der Waals surface area contributed by atoms with E-state index in [1.165, 1.54) is 11.1 Å². The van der Waals surface area contributed by atoms with Crippen molar-refractivity contribution in [1.82, 2.24) is 0 Å². The van der Waals surface area contributed by atoms with E-state index in [2.05, 4.69) is 36.5 Å². The van der Waals surface area contributed by atoms with E-state index in [0.29, 0.717) is 18.1 Å². The molecule has 0 radical (unpaired) electrons. The summed E-state index contributed by atoms with van der Waals surface area (Å²) in [6.45, 7) is 2.55. The fourth-order valence-corrected chi connectivity index (χ4v) is 2.94. The molecule has 0 saturated heterocycles. The van der Waals surface area contributed by atoms with Crippen molar-refractivity contribution in [2.45, 2.75) is 32.8 Å². The van der Waals surface area contributed by atoms with Crippen LogP contribution in [-0.4, -0.2) is 5.91 Å². The zero-order valence-electron chi connectivity index (χ0n) is 16.0. The smallest absolute Gasteiger partial charge is 0.224 e. The standard InChI is InChI=1S/C24H24ClNO2/c1-18-5-7-19(8-6-18)3-2-4-24(27)26-22-13-15-23(16-14-22)28-17-20-9-11-21(25)12-10-20/h5-16H,2-4,17H2,1H3,(H,26,27). The molecule has 3 nitrogen and oxygen atoms in total. The number of ether oxygens (including phenoxy) is 1. The molecule has 3 aromatic rings. The van der Waals surface area contributed by atoms with Crippen LogP contribution in [-0.2, 0) is 17.8 Å². The minimum atomic E-state index is 0.0296. The third-order valence-corrected chi connectivity index (χ3v) is 4.70.